The molecule has 0 radical (unpaired) electrons. The van der Waals surface area contributed by atoms with Crippen LogP contribution in [0.5, 0.6) is 5.75 Å². The molecule has 0 saturated carbocycles. The molecule has 0 atom stereocenters. The number of methoxy groups -OCH3 is 1. The van der Waals surface area contributed by atoms with Crippen LogP contribution in [-0.2, 0) is 0 Å². The van der Waals surface area contributed by atoms with Gasteiger partial charge in [-0.25, -0.2) is 4.98 Å². The third kappa shape index (κ3) is 1.50. The van der Waals surface area contributed by atoms with Crippen molar-refractivity contribution in [2.45, 2.75) is 0 Å². The van der Waals surface area contributed by atoms with Crippen molar-refractivity contribution < 1.29 is 4.74 Å². The molecular formula is C16H11ClN2O. The van der Waals surface area contributed by atoms with Gasteiger partial charge in [-0.1, -0.05) is 29.8 Å². The monoisotopic (exact) mass is 282 g/mol. The van der Waals surface area contributed by atoms with E-state index in [0.29, 0.717) is 5.02 Å². The SMILES string of the molecule is COc1ccc2nc3c(Cl)c4ccccc4[nH]c-3c2c1. The van der Waals surface area contributed by atoms with Gasteiger partial charge in [-0.3, -0.25) is 0 Å². The van der Waals surface area contributed by atoms with Crippen molar-refractivity contribution in [1.29, 1.82) is 0 Å². The number of fused-ring (bicyclic) bond motifs is 4. The van der Waals surface area contributed by atoms with Crippen molar-refractivity contribution in [3.8, 4) is 17.1 Å². The highest BCUT2D eigenvalue weighted by Crippen LogP contribution is 2.39. The molecule has 0 spiro atoms. The van der Waals surface area contributed by atoms with Gasteiger partial charge in [-0.15, -0.1) is 0 Å². The van der Waals surface area contributed by atoms with E-state index in [-0.39, 0.29) is 0 Å². The Hall–Kier alpha value is -2.26. The molecule has 2 aromatic carbocycles. The molecule has 2 aromatic rings. The van der Waals surface area contributed by atoms with Gasteiger partial charge in [0.25, 0.3) is 0 Å². The summed E-state index contributed by atoms with van der Waals surface area (Å²) < 4.78 is 5.28. The number of aromatic nitrogens is 2. The van der Waals surface area contributed by atoms with Gasteiger partial charge in [-0.2, -0.15) is 0 Å². The first-order chi connectivity index (χ1) is 9.78. The van der Waals surface area contributed by atoms with Crippen LogP contribution in [0.15, 0.2) is 42.5 Å². The molecule has 0 aliphatic carbocycles. The van der Waals surface area contributed by atoms with Crippen LogP contribution in [0.1, 0.15) is 0 Å². The summed E-state index contributed by atoms with van der Waals surface area (Å²) >= 11 is 6.51. The van der Waals surface area contributed by atoms with Crippen LogP contribution >= 0.6 is 11.6 Å². The lowest BCUT2D eigenvalue weighted by Crippen LogP contribution is -1.88. The fourth-order valence-corrected chi connectivity index (χ4v) is 2.88. The largest absolute Gasteiger partial charge is 0.497 e. The van der Waals surface area contributed by atoms with Gasteiger partial charge in [0.15, 0.2) is 0 Å². The molecule has 2 aliphatic rings. The minimum absolute atomic E-state index is 0.685. The van der Waals surface area contributed by atoms with E-state index in [9.17, 15) is 0 Å². The van der Waals surface area contributed by atoms with Crippen molar-refractivity contribution in [2.24, 2.45) is 0 Å². The highest BCUT2D eigenvalue weighted by molar-refractivity contribution is 6.38. The molecule has 0 unspecified atom stereocenters. The van der Waals surface area contributed by atoms with E-state index < -0.39 is 0 Å². The zero-order valence-corrected chi connectivity index (χ0v) is 11.5. The van der Waals surface area contributed by atoms with Gasteiger partial charge < -0.3 is 9.72 Å². The van der Waals surface area contributed by atoms with Crippen LogP contribution in [0, 0.1) is 0 Å². The second-order valence-electron chi connectivity index (χ2n) is 4.70. The maximum absolute atomic E-state index is 6.51. The lowest BCUT2D eigenvalue weighted by molar-refractivity contribution is 0.415. The first-order valence-electron chi connectivity index (χ1n) is 6.31. The van der Waals surface area contributed by atoms with Gasteiger partial charge in [0, 0.05) is 16.3 Å². The van der Waals surface area contributed by atoms with Crippen LogP contribution < -0.4 is 4.74 Å². The van der Waals surface area contributed by atoms with Gasteiger partial charge >= 0.3 is 0 Å². The van der Waals surface area contributed by atoms with E-state index in [0.717, 1.165) is 38.9 Å². The number of nitrogens with one attached hydrogen (secondary N) is 1. The molecule has 4 heteroatoms. The number of pyridine rings is 1. The topological polar surface area (TPSA) is 37.9 Å². The van der Waals surface area contributed by atoms with E-state index in [2.05, 4.69) is 9.97 Å². The highest BCUT2D eigenvalue weighted by atomic mass is 35.5. The summed E-state index contributed by atoms with van der Waals surface area (Å²) in [7, 11) is 1.66. The number of ether oxygens (including phenoxy) is 1. The summed E-state index contributed by atoms with van der Waals surface area (Å²) in [6.45, 7) is 0. The van der Waals surface area contributed by atoms with E-state index in [1.54, 1.807) is 7.11 Å². The van der Waals surface area contributed by atoms with E-state index in [1.165, 1.54) is 0 Å². The van der Waals surface area contributed by atoms with E-state index in [1.807, 2.05) is 42.5 Å². The second-order valence-corrected chi connectivity index (χ2v) is 5.08. The fraction of sp³-hybridized carbons (Fsp3) is 0.0625. The molecule has 2 heterocycles. The van der Waals surface area contributed by atoms with Crippen molar-refractivity contribution >= 4 is 33.4 Å². The molecule has 2 aliphatic heterocycles. The fourth-order valence-electron chi connectivity index (χ4n) is 2.57. The van der Waals surface area contributed by atoms with Crippen molar-refractivity contribution in [1.82, 2.24) is 9.97 Å². The molecule has 0 aromatic heterocycles. The molecule has 0 fully saturated rings. The highest BCUT2D eigenvalue weighted by Gasteiger charge is 2.18. The molecule has 1 N–H and O–H groups in total. The zero-order valence-electron chi connectivity index (χ0n) is 10.8. The number of hydrogen-bond donors (Lipinski definition) is 1. The average molecular weight is 283 g/mol. The van der Waals surface area contributed by atoms with Gasteiger partial charge in [-0.05, 0) is 24.3 Å². The smallest absolute Gasteiger partial charge is 0.119 e. The van der Waals surface area contributed by atoms with Crippen molar-refractivity contribution in [3.05, 3.63) is 47.5 Å². The van der Waals surface area contributed by atoms with Crippen molar-refractivity contribution in [2.75, 3.05) is 7.11 Å². The molecular weight excluding hydrogens is 272 g/mol. The molecule has 0 saturated heterocycles. The average Bonchev–Trinajstić information content (AvgIpc) is 2.86. The first-order valence-corrected chi connectivity index (χ1v) is 6.69. The number of benzene rings is 2. The number of rotatable bonds is 1. The predicted octanol–water partition coefficient (Wildman–Crippen LogP) is 4.48. The van der Waals surface area contributed by atoms with Crippen LogP contribution in [0.25, 0.3) is 33.2 Å². The Kier molecular flexibility index (Phi) is 2.38. The maximum Gasteiger partial charge on any atom is 0.119 e. The Labute approximate surface area is 120 Å². The number of para-hydroxylation sites is 1. The lowest BCUT2D eigenvalue weighted by atomic mass is 10.1. The first kappa shape index (κ1) is 11.6. The van der Waals surface area contributed by atoms with E-state index in [4.69, 9.17) is 16.3 Å². The standard InChI is InChI=1S/C16H11ClN2O/c1-20-9-6-7-13-11(8-9)15-16(19-13)14(17)10-4-2-3-5-12(10)18-15/h2-8,18H,1H3. The second kappa shape index (κ2) is 4.12. The summed E-state index contributed by atoms with van der Waals surface area (Å²) in [6.07, 6.45) is 0. The summed E-state index contributed by atoms with van der Waals surface area (Å²) in [5, 5.41) is 2.69. The number of hydrogen-bond acceptors (Lipinski definition) is 2. The number of nitrogens with zero attached hydrogens (tertiary/aromatic N) is 1. The normalized spacial score (nSPS) is 11.5. The Morgan fingerprint density at radius 2 is 1.95 bits per heavy atom. The Morgan fingerprint density at radius 3 is 2.80 bits per heavy atom. The lowest BCUT2D eigenvalue weighted by Gasteiger charge is -2.07. The minimum atomic E-state index is 0.685. The predicted molar refractivity (Wildman–Crippen MR) is 81.8 cm³/mol. The summed E-state index contributed by atoms with van der Waals surface area (Å²) in [6, 6.07) is 13.8. The minimum Gasteiger partial charge on any atom is -0.497 e. The maximum atomic E-state index is 6.51. The summed E-state index contributed by atoms with van der Waals surface area (Å²) in [4.78, 5) is 8.04. The third-order valence-corrected chi connectivity index (χ3v) is 3.96. The summed E-state index contributed by atoms with van der Waals surface area (Å²) in [5.41, 5.74) is 3.66. The Bertz CT molecular complexity index is 913. The summed E-state index contributed by atoms with van der Waals surface area (Å²) in [5.74, 6) is 0.810. The molecule has 0 amide bonds. The van der Waals surface area contributed by atoms with Gasteiger partial charge in [0.1, 0.15) is 11.4 Å². The van der Waals surface area contributed by atoms with Gasteiger partial charge in [0.2, 0.25) is 0 Å². The Balaban J connectivity index is 2.19. The molecule has 98 valence electrons. The van der Waals surface area contributed by atoms with Crippen LogP contribution in [0.4, 0.5) is 0 Å². The molecule has 0 bridgehead atoms. The number of H-pyrrole nitrogens is 1. The molecule has 3 nitrogen and oxygen atoms in total. The number of aromatic amines is 1. The van der Waals surface area contributed by atoms with E-state index >= 15 is 0 Å². The van der Waals surface area contributed by atoms with Crippen LogP contribution in [0.3, 0.4) is 0 Å². The molecule has 20 heavy (non-hydrogen) atoms. The zero-order chi connectivity index (χ0) is 13.7. The van der Waals surface area contributed by atoms with Crippen molar-refractivity contribution in [3.63, 3.8) is 0 Å². The Morgan fingerprint density at radius 1 is 1.10 bits per heavy atom. The molecule has 4 rings (SSSR count). The number of halogens is 1. The van der Waals surface area contributed by atoms with Crippen LogP contribution in [-0.4, -0.2) is 17.1 Å². The quantitative estimate of drug-likeness (QED) is 0.559. The third-order valence-electron chi connectivity index (χ3n) is 3.57. The van der Waals surface area contributed by atoms with Gasteiger partial charge in [0.05, 0.1) is 23.3 Å². The van der Waals surface area contributed by atoms with Crippen LogP contribution in [0.2, 0.25) is 5.02 Å².